The summed E-state index contributed by atoms with van der Waals surface area (Å²) in [5.74, 6) is 0.409. The Morgan fingerprint density at radius 2 is 1.88 bits per heavy atom. The SMILES string of the molecule is Clc1ncc(Cl)c(Nc2cc(Br)ccc2Cl)n1. The molecule has 0 radical (unpaired) electrons. The van der Waals surface area contributed by atoms with E-state index in [1.165, 1.54) is 6.20 Å². The van der Waals surface area contributed by atoms with Crippen LogP contribution in [0, 0.1) is 0 Å². The van der Waals surface area contributed by atoms with Crippen LogP contribution in [-0.2, 0) is 0 Å². The molecule has 1 aromatic carbocycles. The Bertz CT molecular complexity index is 513. The van der Waals surface area contributed by atoms with E-state index in [4.69, 9.17) is 34.8 Å². The van der Waals surface area contributed by atoms with Crippen molar-refractivity contribution in [2.45, 2.75) is 0 Å². The van der Waals surface area contributed by atoms with Crippen LogP contribution in [0.1, 0.15) is 0 Å². The van der Waals surface area contributed by atoms with Gasteiger partial charge in [0.05, 0.1) is 16.9 Å². The van der Waals surface area contributed by atoms with Gasteiger partial charge in [-0.3, -0.25) is 0 Å². The number of anilines is 2. The van der Waals surface area contributed by atoms with Crippen molar-refractivity contribution < 1.29 is 0 Å². The molecule has 1 aromatic heterocycles. The van der Waals surface area contributed by atoms with E-state index in [-0.39, 0.29) is 5.28 Å². The van der Waals surface area contributed by atoms with Crippen LogP contribution in [0.15, 0.2) is 28.9 Å². The standard InChI is InChI=1S/C10H5BrCl3N3/c11-5-1-2-6(12)8(3-5)16-9-7(13)4-15-10(14)17-9/h1-4H,(H,15,16,17). The zero-order valence-corrected chi connectivity index (χ0v) is 12.1. The largest absolute Gasteiger partial charge is 0.338 e. The van der Waals surface area contributed by atoms with Crippen molar-refractivity contribution in [3.8, 4) is 0 Å². The van der Waals surface area contributed by atoms with Gasteiger partial charge < -0.3 is 5.32 Å². The van der Waals surface area contributed by atoms with E-state index in [9.17, 15) is 0 Å². The average molecular weight is 353 g/mol. The predicted molar refractivity (Wildman–Crippen MR) is 74.5 cm³/mol. The molecular weight excluding hydrogens is 348 g/mol. The monoisotopic (exact) mass is 351 g/mol. The fourth-order valence-corrected chi connectivity index (χ4v) is 1.95. The molecule has 0 unspecified atom stereocenters. The number of aromatic nitrogens is 2. The number of hydrogen-bond acceptors (Lipinski definition) is 3. The van der Waals surface area contributed by atoms with Crippen molar-refractivity contribution in [3.63, 3.8) is 0 Å². The van der Waals surface area contributed by atoms with E-state index in [0.717, 1.165) is 4.47 Å². The molecule has 3 nitrogen and oxygen atoms in total. The highest BCUT2D eigenvalue weighted by atomic mass is 79.9. The normalized spacial score (nSPS) is 10.4. The Balaban J connectivity index is 2.37. The molecule has 17 heavy (non-hydrogen) atoms. The fraction of sp³-hybridized carbons (Fsp3) is 0. The molecule has 0 saturated carbocycles. The number of benzene rings is 1. The van der Waals surface area contributed by atoms with Gasteiger partial charge in [-0.15, -0.1) is 0 Å². The van der Waals surface area contributed by atoms with E-state index in [0.29, 0.717) is 21.6 Å². The molecule has 2 aromatic rings. The third-order valence-electron chi connectivity index (χ3n) is 1.90. The highest BCUT2D eigenvalue weighted by Crippen LogP contribution is 2.30. The molecule has 1 N–H and O–H groups in total. The summed E-state index contributed by atoms with van der Waals surface area (Å²) in [7, 11) is 0. The molecule has 0 atom stereocenters. The second-order valence-corrected chi connectivity index (χ2v) is 5.15. The maximum absolute atomic E-state index is 6.04. The Labute approximate surface area is 121 Å². The van der Waals surface area contributed by atoms with Gasteiger partial charge in [-0.1, -0.05) is 39.1 Å². The Morgan fingerprint density at radius 1 is 1.12 bits per heavy atom. The first-order chi connectivity index (χ1) is 8.06. The van der Waals surface area contributed by atoms with E-state index >= 15 is 0 Å². The van der Waals surface area contributed by atoms with Gasteiger partial charge >= 0.3 is 0 Å². The average Bonchev–Trinajstić information content (AvgIpc) is 2.28. The molecule has 88 valence electrons. The van der Waals surface area contributed by atoms with Crippen LogP contribution in [0.2, 0.25) is 15.3 Å². The van der Waals surface area contributed by atoms with Gasteiger partial charge in [0.15, 0.2) is 5.82 Å². The van der Waals surface area contributed by atoms with Crippen LogP contribution >= 0.6 is 50.7 Å². The van der Waals surface area contributed by atoms with Crippen LogP contribution in [0.5, 0.6) is 0 Å². The first kappa shape index (κ1) is 12.9. The zero-order valence-electron chi connectivity index (χ0n) is 8.22. The fourth-order valence-electron chi connectivity index (χ4n) is 1.15. The summed E-state index contributed by atoms with van der Waals surface area (Å²) in [5.41, 5.74) is 0.678. The minimum atomic E-state index is 0.114. The molecule has 0 bridgehead atoms. The van der Waals surface area contributed by atoms with E-state index in [1.807, 2.05) is 12.1 Å². The molecule has 0 saturated heterocycles. The van der Waals surface area contributed by atoms with Crippen molar-refractivity contribution in [1.82, 2.24) is 9.97 Å². The lowest BCUT2D eigenvalue weighted by Crippen LogP contribution is -1.96. The minimum absolute atomic E-state index is 0.114. The second-order valence-electron chi connectivity index (χ2n) is 3.08. The van der Waals surface area contributed by atoms with Crippen LogP contribution in [-0.4, -0.2) is 9.97 Å². The van der Waals surface area contributed by atoms with E-state index in [2.05, 4.69) is 31.2 Å². The predicted octanol–water partition coefficient (Wildman–Crippen LogP) is 4.94. The lowest BCUT2D eigenvalue weighted by Gasteiger charge is -2.09. The number of nitrogens with one attached hydrogen (secondary N) is 1. The number of halogens is 4. The Kier molecular flexibility index (Phi) is 4.09. The van der Waals surface area contributed by atoms with Gasteiger partial charge in [0.25, 0.3) is 0 Å². The summed E-state index contributed by atoms with van der Waals surface area (Å²) in [6.07, 6.45) is 1.42. The van der Waals surface area contributed by atoms with Crippen molar-refractivity contribution in [2.24, 2.45) is 0 Å². The van der Waals surface area contributed by atoms with Gasteiger partial charge in [0, 0.05) is 4.47 Å². The van der Waals surface area contributed by atoms with Gasteiger partial charge in [0.2, 0.25) is 5.28 Å². The maximum Gasteiger partial charge on any atom is 0.224 e. The second kappa shape index (κ2) is 5.40. The third kappa shape index (κ3) is 3.22. The summed E-state index contributed by atoms with van der Waals surface area (Å²) in [6.45, 7) is 0. The Morgan fingerprint density at radius 3 is 2.65 bits per heavy atom. The first-order valence-electron chi connectivity index (χ1n) is 4.46. The van der Waals surface area contributed by atoms with Crippen molar-refractivity contribution in [2.75, 3.05) is 5.32 Å². The first-order valence-corrected chi connectivity index (χ1v) is 6.39. The number of nitrogens with zero attached hydrogens (tertiary/aromatic N) is 2. The summed E-state index contributed by atoms with van der Waals surface area (Å²) in [5, 5.41) is 4.03. The van der Waals surface area contributed by atoms with Crippen LogP contribution in [0.25, 0.3) is 0 Å². The van der Waals surface area contributed by atoms with Gasteiger partial charge in [-0.05, 0) is 29.8 Å². The molecule has 7 heteroatoms. The van der Waals surface area contributed by atoms with Crippen molar-refractivity contribution in [1.29, 1.82) is 0 Å². The topological polar surface area (TPSA) is 37.8 Å². The quantitative estimate of drug-likeness (QED) is 0.777. The molecular formula is C10H5BrCl3N3. The molecule has 0 fully saturated rings. The van der Waals surface area contributed by atoms with Gasteiger partial charge in [-0.2, -0.15) is 4.98 Å². The summed E-state index contributed by atoms with van der Waals surface area (Å²) >= 11 is 21.0. The van der Waals surface area contributed by atoms with Gasteiger partial charge in [-0.25, -0.2) is 4.98 Å². The highest BCUT2D eigenvalue weighted by Gasteiger charge is 2.07. The summed E-state index contributed by atoms with van der Waals surface area (Å²) < 4.78 is 0.890. The molecule has 0 spiro atoms. The number of rotatable bonds is 2. The van der Waals surface area contributed by atoms with Crippen LogP contribution in [0.3, 0.4) is 0 Å². The zero-order chi connectivity index (χ0) is 12.4. The lowest BCUT2D eigenvalue weighted by molar-refractivity contribution is 1.17. The molecule has 0 aliphatic heterocycles. The van der Waals surface area contributed by atoms with E-state index in [1.54, 1.807) is 6.07 Å². The van der Waals surface area contributed by atoms with Crippen molar-refractivity contribution >= 4 is 62.2 Å². The third-order valence-corrected chi connectivity index (χ3v) is 3.18. The van der Waals surface area contributed by atoms with Crippen LogP contribution < -0.4 is 5.32 Å². The molecule has 1 heterocycles. The summed E-state index contributed by atoms with van der Waals surface area (Å²) in [6, 6.07) is 5.40. The molecule has 0 aliphatic carbocycles. The van der Waals surface area contributed by atoms with E-state index < -0.39 is 0 Å². The lowest BCUT2D eigenvalue weighted by atomic mass is 10.3. The highest BCUT2D eigenvalue weighted by molar-refractivity contribution is 9.10. The van der Waals surface area contributed by atoms with Crippen molar-refractivity contribution in [3.05, 3.63) is 44.2 Å². The smallest absolute Gasteiger partial charge is 0.224 e. The Hall–Kier alpha value is -0.550. The van der Waals surface area contributed by atoms with Gasteiger partial charge in [0.1, 0.15) is 5.02 Å². The molecule has 2 rings (SSSR count). The van der Waals surface area contributed by atoms with Crippen LogP contribution in [0.4, 0.5) is 11.5 Å². The number of hydrogen-bond donors (Lipinski definition) is 1. The molecule has 0 aliphatic rings. The minimum Gasteiger partial charge on any atom is -0.338 e. The summed E-state index contributed by atoms with van der Waals surface area (Å²) in [4.78, 5) is 7.74. The maximum atomic E-state index is 6.04. The molecule has 0 amide bonds.